The van der Waals surface area contributed by atoms with Crippen LogP contribution in [0.2, 0.25) is 0 Å². The summed E-state index contributed by atoms with van der Waals surface area (Å²) in [5, 5.41) is 8.81. The van der Waals surface area contributed by atoms with Crippen molar-refractivity contribution in [2.45, 2.75) is 38.1 Å². The average molecular weight is 357 g/mol. The second-order valence-corrected chi connectivity index (χ2v) is 6.60. The molecule has 1 unspecified atom stereocenters. The van der Waals surface area contributed by atoms with Crippen LogP contribution in [0, 0.1) is 5.92 Å². The molecule has 0 aromatic carbocycles. The monoisotopic (exact) mass is 356 g/mol. The van der Waals surface area contributed by atoms with Crippen molar-refractivity contribution < 1.29 is 9.32 Å². The lowest BCUT2D eigenvalue weighted by atomic mass is 10.2. The molecule has 1 atom stereocenters. The van der Waals surface area contributed by atoms with Gasteiger partial charge in [-0.05, 0) is 36.6 Å². The van der Waals surface area contributed by atoms with Crippen molar-refractivity contribution >= 4 is 29.7 Å². The van der Waals surface area contributed by atoms with Gasteiger partial charge in [-0.2, -0.15) is 4.98 Å². The normalized spacial score (nSPS) is 15.0. The summed E-state index contributed by atoms with van der Waals surface area (Å²) >= 11 is 1.57. The topological polar surface area (TPSA) is 94.0 Å². The molecule has 3 N–H and O–H groups in total. The molecule has 0 radical (unpaired) electrons. The Bertz CT molecular complexity index is 613. The maximum Gasteiger partial charge on any atom is 0.226 e. The first kappa shape index (κ1) is 17.9. The largest absolute Gasteiger partial charge is 0.355 e. The molecule has 126 valence electrons. The first-order chi connectivity index (χ1) is 10.7. The SMILES string of the molecule is Cl.NC(CNC(=O)CCCc1nc(-c2cccs2)no1)C1CC1. The van der Waals surface area contributed by atoms with Crippen molar-refractivity contribution in [1.29, 1.82) is 0 Å². The Morgan fingerprint density at radius 3 is 3.04 bits per heavy atom. The minimum Gasteiger partial charge on any atom is -0.355 e. The summed E-state index contributed by atoms with van der Waals surface area (Å²) in [6.45, 7) is 0.576. The predicted octanol–water partition coefficient (Wildman–Crippen LogP) is 2.40. The Morgan fingerprint density at radius 2 is 2.35 bits per heavy atom. The number of nitrogens with zero attached hydrogens (tertiary/aromatic N) is 2. The molecule has 0 aliphatic heterocycles. The van der Waals surface area contributed by atoms with Gasteiger partial charge in [0, 0.05) is 25.4 Å². The number of hydrogen-bond acceptors (Lipinski definition) is 6. The lowest BCUT2D eigenvalue weighted by Crippen LogP contribution is -2.38. The second kappa shape index (κ2) is 8.42. The number of halogens is 1. The van der Waals surface area contributed by atoms with Crippen LogP contribution in [0.5, 0.6) is 0 Å². The van der Waals surface area contributed by atoms with E-state index >= 15 is 0 Å². The molecule has 0 spiro atoms. The number of carbonyl (C=O) groups is 1. The molecular formula is C15H21ClN4O2S. The molecule has 1 aliphatic rings. The van der Waals surface area contributed by atoms with E-state index in [2.05, 4.69) is 15.5 Å². The van der Waals surface area contributed by atoms with E-state index in [4.69, 9.17) is 10.3 Å². The van der Waals surface area contributed by atoms with Crippen LogP contribution in [-0.4, -0.2) is 28.6 Å². The fourth-order valence-corrected chi connectivity index (χ4v) is 2.92. The van der Waals surface area contributed by atoms with Crippen molar-refractivity contribution in [3.8, 4) is 10.7 Å². The Morgan fingerprint density at radius 1 is 1.52 bits per heavy atom. The van der Waals surface area contributed by atoms with Gasteiger partial charge in [-0.25, -0.2) is 0 Å². The highest BCUT2D eigenvalue weighted by Crippen LogP contribution is 2.31. The van der Waals surface area contributed by atoms with Crippen LogP contribution < -0.4 is 11.1 Å². The summed E-state index contributed by atoms with van der Waals surface area (Å²) in [5.74, 6) is 1.83. The number of rotatable bonds is 8. The average Bonchev–Trinajstić information content (AvgIpc) is 3.02. The van der Waals surface area contributed by atoms with Crippen molar-refractivity contribution in [2.24, 2.45) is 11.7 Å². The van der Waals surface area contributed by atoms with E-state index in [9.17, 15) is 4.79 Å². The summed E-state index contributed by atoms with van der Waals surface area (Å²) in [4.78, 5) is 17.1. The molecule has 2 aromatic heterocycles. The lowest BCUT2D eigenvalue weighted by molar-refractivity contribution is -0.121. The second-order valence-electron chi connectivity index (χ2n) is 5.65. The molecule has 0 saturated heterocycles. The van der Waals surface area contributed by atoms with Crippen LogP contribution in [0.1, 0.15) is 31.6 Å². The third-order valence-corrected chi connectivity index (χ3v) is 4.63. The molecule has 0 bridgehead atoms. The highest BCUT2D eigenvalue weighted by Gasteiger charge is 2.28. The molecule has 3 rings (SSSR count). The van der Waals surface area contributed by atoms with E-state index in [1.54, 1.807) is 11.3 Å². The number of aromatic nitrogens is 2. The Kier molecular flexibility index (Phi) is 6.56. The van der Waals surface area contributed by atoms with Crippen molar-refractivity contribution in [3.05, 3.63) is 23.4 Å². The Hall–Kier alpha value is -1.44. The molecule has 2 aromatic rings. The van der Waals surface area contributed by atoms with Crippen LogP contribution in [0.25, 0.3) is 10.7 Å². The standard InChI is InChI=1S/C15H20N4O2S.ClH/c16-11(10-6-7-10)9-17-13(20)4-1-5-14-18-15(19-21-14)12-3-2-8-22-12;/h2-3,8,10-11H,1,4-7,9,16H2,(H,17,20);1H. The third kappa shape index (κ3) is 5.30. The minimum atomic E-state index is 0. The number of carbonyl (C=O) groups excluding carboxylic acids is 1. The van der Waals surface area contributed by atoms with Crippen molar-refractivity contribution in [1.82, 2.24) is 15.5 Å². The van der Waals surface area contributed by atoms with Gasteiger partial charge in [0.15, 0.2) is 0 Å². The third-order valence-electron chi connectivity index (χ3n) is 3.77. The molecule has 1 aliphatic carbocycles. The zero-order chi connectivity index (χ0) is 15.4. The van der Waals surface area contributed by atoms with Crippen LogP contribution >= 0.6 is 23.7 Å². The maximum absolute atomic E-state index is 11.7. The van der Waals surface area contributed by atoms with Gasteiger partial charge >= 0.3 is 0 Å². The highest BCUT2D eigenvalue weighted by molar-refractivity contribution is 7.13. The molecule has 23 heavy (non-hydrogen) atoms. The first-order valence-electron chi connectivity index (χ1n) is 7.61. The highest BCUT2D eigenvalue weighted by atomic mass is 35.5. The van der Waals surface area contributed by atoms with E-state index < -0.39 is 0 Å². The van der Waals surface area contributed by atoms with E-state index in [1.807, 2.05) is 17.5 Å². The summed E-state index contributed by atoms with van der Waals surface area (Å²) in [6, 6.07) is 4.01. The van der Waals surface area contributed by atoms with Crippen molar-refractivity contribution in [2.75, 3.05) is 6.54 Å². The summed E-state index contributed by atoms with van der Waals surface area (Å²) in [5.41, 5.74) is 5.95. The van der Waals surface area contributed by atoms with E-state index in [-0.39, 0.29) is 24.4 Å². The van der Waals surface area contributed by atoms with Crippen LogP contribution in [0.4, 0.5) is 0 Å². The molecule has 2 heterocycles. The van der Waals surface area contributed by atoms with E-state index in [1.165, 1.54) is 12.8 Å². The lowest BCUT2D eigenvalue weighted by Gasteiger charge is -2.11. The first-order valence-corrected chi connectivity index (χ1v) is 8.49. The van der Waals surface area contributed by atoms with Gasteiger partial charge in [0.2, 0.25) is 17.6 Å². The molecule has 1 amide bonds. The molecule has 8 heteroatoms. The van der Waals surface area contributed by atoms with Gasteiger partial charge < -0.3 is 15.6 Å². The fourth-order valence-electron chi connectivity index (χ4n) is 2.27. The predicted molar refractivity (Wildman–Crippen MR) is 91.5 cm³/mol. The number of nitrogens with two attached hydrogens (primary N) is 1. The van der Waals surface area contributed by atoms with Gasteiger partial charge in [-0.3, -0.25) is 4.79 Å². The van der Waals surface area contributed by atoms with Gasteiger partial charge in [0.1, 0.15) is 0 Å². The minimum absolute atomic E-state index is 0. The van der Waals surface area contributed by atoms with E-state index in [0.29, 0.717) is 43.4 Å². The number of nitrogens with one attached hydrogen (secondary N) is 1. The van der Waals surface area contributed by atoms with Gasteiger partial charge in [0.25, 0.3) is 0 Å². The number of thiophene rings is 1. The number of amides is 1. The maximum atomic E-state index is 11.7. The van der Waals surface area contributed by atoms with Gasteiger partial charge in [-0.15, -0.1) is 23.7 Å². The summed E-state index contributed by atoms with van der Waals surface area (Å²) in [6.07, 6.45) is 4.15. The van der Waals surface area contributed by atoms with Crippen LogP contribution in [-0.2, 0) is 11.2 Å². The fraction of sp³-hybridized carbons (Fsp3) is 0.533. The summed E-state index contributed by atoms with van der Waals surface area (Å²) in [7, 11) is 0. The molecular weight excluding hydrogens is 336 g/mol. The smallest absolute Gasteiger partial charge is 0.226 e. The zero-order valence-electron chi connectivity index (χ0n) is 12.7. The quantitative estimate of drug-likeness (QED) is 0.757. The van der Waals surface area contributed by atoms with Crippen molar-refractivity contribution in [3.63, 3.8) is 0 Å². The Labute approximate surface area is 145 Å². The molecule has 6 nitrogen and oxygen atoms in total. The zero-order valence-corrected chi connectivity index (χ0v) is 14.4. The number of hydrogen-bond donors (Lipinski definition) is 2. The molecule has 1 saturated carbocycles. The van der Waals surface area contributed by atoms with Gasteiger partial charge in [0.05, 0.1) is 4.88 Å². The number of aryl methyl sites for hydroxylation is 1. The van der Waals surface area contributed by atoms with Crippen LogP contribution in [0.3, 0.4) is 0 Å². The van der Waals surface area contributed by atoms with Crippen LogP contribution in [0.15, 0.2) is 22.0 Å². The Balaban J connectivity index is 0.00000192. The van der Waals surface area contributed by atoms with Gasteiger partial charge in [-0.1, -0.05) is 11.2 Å². The summed E-state index contributed by atoms with van der Waals surface area (Å²) < 4.78 is 5.20. The molecule has 1 fully saturated rings. The van der Waals surface area contributed by atoms with E-state index in [0.717, 1.165) is 4.88 Å².